The van der Waals surface area contributed by atoms with Gasteiger partial charge < -0.3 is 14.2 Å². The van der Waals surface area contributed by atoms with E-state index in [-0.39, 0.29) is 12.4 Å². The number of methoxy groups -OCH3 is 2. The second kappa shape index (κ2) is 5.73. The molecule has 2 unspecified atom stereocenters. The molecule has 0 heterocycles. The van der Waals surface area contributed by atoms with Crippen LogP contribution in [0.1, 0.15) is 25.5 Å². The highest BCUT2D eigenvalue weighted by Gasteiger charge is 2.09. The minimum absolute atomic E-state index is 0.0193. The average Bonchev–Trinajstić information content (AvgIpc) is 2.29. The van der Waals surface area contributed by atoms with Gasteiger partial charge in [-0.05, 0) is 31.5 Å². The monoisotopic (exact) mass is 210 g/mol. The van der Waals surface area contributed by atoms with Crippen molar-refractivity contribution in [2.45, 2.75) is 26.2 Å². The summed E-state index contributed by atoms with van der Waals surface area (Å²) in [5.41, 5.74) is 1.11. The summed E-state index contributed by atoms with van der Waals surface area (Å²) in [7, 11) is 3.29. The van der Waals surface area contributed by atoms with Gasteiger partial charge in [-0.1, -0.05) is 12.1 Å². The normalized spacial score (nSPS) is 14.7. The van der Waals surface area contributed by atoms with Crippen molar-refractivity contribution in [1.82, 2.24) is 0 Å². The molecule has 84 valence electrons. The molecule has 0 spiro atoms. The predicted molar refractivity (Wildman–Crippen MR) is 59.0 cm³/mol. The molecule has 15 heavy (non-hydrogen) atoms. The minimum atomic E-state index is -0.192. The molecule has 1 aromatic rings. The Morgan fingerprint density at radius 2 is 1.60 bits per heavy atom. The average molecular weight is 210 g/mol. The van der Waals surface area contributed by atoms with E-state index in [2.05, 4.69) is 0 Å². The number of benzene rings is 1. The largest absolute Gasteiger partial charge is 0.497 e. The molecule has 1 rings (SSSR count). The highest BCUT2D eigenvalue weighted by molar-refractivity contribution is 5.28. The summed E-state index contributed by atoms with van der Waals surface area (Å²) in [6.07, 6.45) is -0.173. The maximum atomic E-state index is 5.60. The highest BCUT2D eigenvalue weighted by Crippen LogP contribution is 2.21. The Bertz CT molecular complexity index is 281. The lowest BCUT2D eigenvalue weighted by Gasteiger charge is -2.18. The molecule has 3 heteroatoms. The van der Waals surface area contributed by atoms with E-state index in [1.165, 1.54) is 0 Å². The second-order valence-corrected chi connectivity index (χ2v) is 3.35. The van der Waals surface area contributed by atoms with Crippen LogP contribution < -0.4 is 4.74 Å². The van der Waals surface area contributed by atoms with Crippen molar-refractivity contribution >= 4 is 0 Å². The zero-order chi connectivity index (χ0) is 11.3. The molecular weight excluding hydrogens is 192 g/mol. The zero-order valence-corrected chi connectivity index (χ0v) is 9.69. The molecule has 0 aliphatic carbocycles. The summed E-state index contributed by atoms with van der Waals surface area (Å²) in [4.78, 5) is 0. The first-order valence-corrected chi connectivity index (χ1v) is 4.99. The molecular formula is C12H18O3. The van der Waals surface area contributed by atoms with Crippen molar-refractivity contribution in [2.75, 3.05) is 14.2 Å². The number of hydrogen-bond acceptors (Lipinski definition) is 3. The molecule has 0 aliphatic heterocycles. The van der Waals surface area contributed by atoms with Crippen LogP contribution >= 0.6 is 0 Å². The first-order chi connectivity index (χ1) is 7.17. The van der Waals surface area contributed by atoms with Gasteiger partial charge in [-0.3, -0.25) is 0 Å². The molecule has 2 atom stereocenters. The van der Waals surface area contributed by atoms with Crippen LogP contribution in [0.15, 0.2) is 24.3 Å². The Balaban J connectivity index is 2.61. The molecule has 3 nitrogen and oxygen atoms in total. The summed E-state index contributed by atoms with van der Waals surface area (Å²) in [6, 6.07) is 7.83. The van der Waals surface area contributed by atoms with Crippen LogP contribution in [-0.4, -0.2) is 20.5 Å². The van der Waals surface area contributed by atoms with Gasteiger partial charge in [-0.2, -0.15) is 0 Å². The van der Waals surface area contributed by atoms with E-state index in [1.54, 1.807) is 14.2 Å². The lowest BCUT2D eigenvalue weighted by atomic mass is 10.1. The summed E-state index contributed by atoms with van der Waals surface area (Å²) in [5, 5.41) is 0. The fraction of sp³-hybridized carbons (Fsp3) is 0.500. The molecule has 0 amide bonds. The van der Waals surface area contributed by atoms with Crippen LogP contribution in [0.3, 0.4) is 0 Å². The fourth-order valence-electron chi connectivity index (χ4n) is 1.30. The van der Waals surface area contributed by atoms with Crippen LogP contribution in [0.2, 0.25) is 0 Å². The van der Waals surface area contributed by atoms with Gasteiger partial charge in [-0.25, -0.2) is 0 Å². The Labute approximate surface area is 91.0 Å². The zero-order valence-electron chi connectivity index (χ0n) is 9.69. The third-order valence-corrected chi connectivity index (χ3v) is 2.31. The first kappa shape index (κ1) is 12.0. The van der Waals surface area contributed by atoms with E-state index < -0.39 is 0 Å². The summed E-state index contributed by atoms with van der Waals surface area (Å²) in [5.74, 6) is 0.853. The smallest absolute Gasteiger partial charge is 0.155 e. The lowest BCUT2D eigenvalue weighted by molar-refractivity contribution is -0.140. The van der Waals surface area contributed by atoms with E-state index in [1.807, 2.05) is 38.1 Å². The van der Waals surface area contributed by atoms with Crippen LogP contribution in [0.25, 0.3) is 0 Å². The van der Waals surface area contributed by atoms with E-state index in [0.29, 0.717) is 0 Å². The molecule has 0 fully saturated rings. The molecule has 0 saturated heterocycles. The van der Waals surface area contributed by atoms with Gasteiger partial charge in [0.2, 0.25) is 0 Å². The molecule has 0 aromatic heterocycles. The van der Waals surface area contributed by atoms with Crippen molar-refractivity contribution < 1.29 is 14.2 Å². The summed E-state index contributed by atoms with van der Waals surface area (Å²) in [6.45, 7) is 3.87. The fourth-order valence-corrected chi connectivity index (χ4v) is 1.30. The quantitative estimate of drug-likeness (QED) is 0.699. The lowest BCUT2D eigenvalue weighted by Crippen LogP contribution is -2.13. The third kappa shape index (κ3) is 3.53. The Morgan fingerprint density at radius 3 is 2.07 bits per heavy atom. The molecule has 0 saturated carbocycles. The van der Waals surface area contributed by atoms with Crippen LogP contribution in [0.4, 0.5) is 0 Å². The van der Waals surface area contributed by atoms with E-state index in [9.17, 15) is 0 Å². The predicted octanol–water partition coefficient (Wildman–Crippen LogP) is 2.77. The molecule has 0 aliphatic rings. The third-order valence-electron chi connectivity index (χ3n) is 2.31. The maximum absolute atomic E-state index is 5.60. The van der Waals surface area contributed by atoms with Crippen molar-refractivity contribution in [3.63, 3.8) is 0 Å². The first-order valence-electron chi connectivity index (χ1n) is 4.99. The maximum Gasteiger partial charge on any atom is 0.155 e. The number of rotatable bonds is 5. The van der Waals surface area contributed by atoms with E-state index in [0.717, 1.165) is 11.3 Å². The van der Waals surface area contributed by atoms with Crippen molar-refractivity contribution in [2.24, 2.45) is 0 Å². The Hall–Kier alpha value is -1.06. The van der Waals surface area contributed by atoms with Crippen molar-refractivity contribution in [3.8, 4) is 5.75 Å². The van der Waals surface area contributed by atoms with Gasteiger partial charge in [0.15, 0.2) is 6.29 Å². The summed E-state index contributed by atoms with van der Waals surface area (Å²) < 4.78 is 15.7. The van der Waals surface area contributed by atoms with Crippen molar-refractivity contribution in [1.29, 1.82) is 0 Å². The van der Waals surface area contributed by atoms with E-state index in [4.69, 9.17) is 14.2 Å². The highest BCUT2D eigenvalue weighted by atomic mass is 16.7. The minimum Gasteiger partial charge on any atom is -0.497 e. The van der Waals surface area contributed by atoms with Crippen LogP contribution in [0.5, 0.6) is 5.75 Å². The second-order valence-electron chi connectivity index (χ2n) is 3.35. The molecule has 0 bridgehead atoms. The number of ether oxygens (including phenoxy) is 3. The Morgan fingerprint density at radius 1 is 1.00 bits per heavy atom. The van der Waals surface area contributed by atoms with Crippen molar-refractivity contribution in [3.05, 3.63) is 29.8 Å². The van der Waals surface area contributed by atoms with Crippen LogP contribution in [0, 0.1) is 0 Å². The van der Waals surface area contributed by atoms with Crippen LogP contribution in [-0.2, 0) is 9.47 Å². The topological polar surface area (TPSA) is 27.7 Å². The van der Waals surface area contributed by atoms with E-state index >= 15 is 0 Å². The standard InChI is InChI=1S/C12H18O3/c1-9(15-10(2)13-3)11-5-7-12(14-4)8-6-11/h5-10H,1-4H3. The molecule has 1 aromatic carbocycles. The molecule has 0 radical (unpaired) electrons. The number of hydrogen-bond donors (Lipinski definition) is 0. The van der Waals surface area contributed by atoms with Gasteiger partial charge in [-0.15, -0.1) is 0 Å². The Kier molecular flexibility index (Phi) is 4.59. The van der Waals surface area contributed by atoms with Gasteiger partial charge in [0.25, 0.3) is 0 Å². The summed E-state index contributed by atoms with van der Waals surface area (Å²) >= 11 is 0. The van der Waals surface area contributed by atoms with Gasteiger partial charge in [0, 0.05) is 7.11 Å². The van der Waals surface area contributed by atoms with Gasteiger partial charge in [0.05, 0.1) is 13.2 Å². The van der Waals surface area contributed by atoms with Gasteiger partial charge >= 0.3 is 0 Å². The molecule has 0 N–H and O–H groups in total. The SMILES string of the molecule is COc1ccc(C(C)OC(C)OC)cc1. The van der Waals surface area contributed by atoms with Gasteiger partial charge in [0.1, 0.15) is 5.75 Å².